The summed E-state index contributed by atoms with van der Waals surface area (Å²) in [4.78, 5) is 0. The fourth-order valence-electron chi connectivity index (χ4n) is 1.31. The molecule has 5 heteroatoms. The van der Waals surface area contributed by atoms with E-state index in [2.05, 4.69) is 6.58 Å². The van der Waals surface area contributed by atoms with Crippen LogP contribution in [-0.4, -0.2) is 0 Å². The largest absolute Gasteiger partial charge is 0.416 e. The normalized spacial score (nSPS) is 13.6. The molecule has 0 aliphatic carbocycles. The average Bonchev–Trinajstić information content (AvgIpc) is 2.16. The van der Waals surface area contributed by atoms with E-state index in [0.29, 0.717) is 12.5 Å². The van der Waals surface area contributed by atoms with E-state index in [1.54, 1.807) is 0 Å². The lowest BCUT2D eigenvalue weighted by molar-refractivity contribution is -0.137. The standard InChI is InChI=1S/C11H11F4N/c1-2-3-10(16)7-4-8(11(13,14)15)6-9(12)5-7/h2,4-6,10H,1,3,16H2/t10-/m0/s1. The molecule has 2 N–H and O–H groups in total. The predicted octanol–water partition coefficient (Wildman–Crippen LogP) is 3.42. The first-order valence-electron chi connectivity index (χ1n) is 4.58. The van der Waals surface area contributed by atoms with Crippen LogP contribution in [0.15, 0.2) is 30.9 Å². The lowest BCUT2D eigenvalue weighted by Gasteiger charge is -2.13. The van der Waals surface area contributed by atoms with Gasteiger partial charge in [0, 0.05) is 6.04 Å². The molecular formula is C11H11F4N. The van der Waals surface area contributed by atoms with Crippen LogP contribution >= 0.6 is 0 Å². The van der Waals surface area contributed by atoms with Gasteiger partial charge in [-0.3, -0.25) is 0 Å². The van der Waals surface area contributed by atoms with E-state index < -0.39 is 23.6 Å². The molecule has 0 amide bonds. The number of hydrogen-bond donors (Lipinski definition) is 1. The molecule has 88 valence electrons. The van der Waals surface area contributed by atoms with E-state index in [1.165, 1.54) is 6.08 Å². The third kappa shape index (κ3) is 3.06. The molecule has 0 saturated carbocycles. The molecule has 1 atom stereocenters. The molecule has 0 bridgehead atoms. The van der Waals surface area contributed by atoms with Crippen LogP contribution in [-0.2, 0) is 6.18 Å². The van der Waals surface area contributed by atoms with Crippen molar-refractivity contribution in [2.45, 2.75) is 18.6 Å². The number of benzene rings is 1. The number of rotatable bonds is 3. The van der Waals surface area contributed by atoms with E-state index >= 15 is 0 Å². The van der Waals surface area contributed by atoms with Gasteiger partial charge >= 0.3 is 6.18 Å². The van der Waals surface area contributed by atoms with Crippen molar-refractivity contribution in [3.05, 3.63) is 47.8 Å². The molecule has 0 fully saturated rings. The van der Waals surface area contributed by atoms with Gasteiger partial charge in [0.25, 0.3) is 0 Å². The van der Waals surface area contributed by atoms with Crippen LogP contribution in [0.5, 0.6) is 0 Å². The molecule has 0 aliphatic rings. The second kappa shape index (κ2) is 4.65. The molecule has 1 nitrogen and oxygen atoms in total. The maximum absolute atomic E-state index is 13.0. The molecule has 1 aromatic rings. The SMILES string of the molecule is C=CC[C@H](N)c1cc(F)cc(C(F)(F)F)c1. The smallest absolute Gasteiger partial charge is 0.324 e. The summed E-state index contributed by atoms with van der Waals surface area (Å²) in [5.41, 5.74) is 4.67. The van der Waals surface area contributed by atoms with Crippen LogP contribution in [0.25, 0.3) is 0 Å². The van der Waals surface area contributed by atoms with E-state index in [0.717, 1.165) is 12.1 Å². The zero-order valence-corrected chi connectivity index (χ0v) is 8.39. The van der Waals surface area contributed by atoms with E-state index in [1.807, 2.05) is 0 Å². The molecule has 0 aliphatic heterocycles. The molecule has 0 unspecified atom stereocenters. The minimum Gasteiger partial charge on any atom is -0.324 e. The highest BCUT2D eigenvalue weighted by molar-refractivity contribution is 5.29. The molecule has 1 aromatic carbocycles. The van der Waals surface area contributed by atoms with Gasteiger partial charge in [-0.1, -0.05) is 6.08 Å². The lowest BCUT2D eigenvalue weighted by atomic mass is 10.0. The molecular weight excluding hydrogens is 222 g/mol. The fraction of sp³-hybridized carbons (Fsp3) is 0.273. The van der Waals surface area contributed by atoms with Crippen LogP contribution in [0.4, 0.5) is 17.6 Å². The minimum atomic E-state index is -4.56. The van der Waals surface area contributed by atoms with Crippen molar-refractivity contribution in [2.24, 2.45) is 5.73 Å². The zero-order chi connectivity index (χ0) is 12.3. The highest BCUT2D eigenvalue weighted by Crippen LogP contribution is 2.31. The monoisotopic (exact) mass is 233 g/mol. The molecule has 16 heavy (non-hydrogen) atoms. The summed E-state index contributed by atoms with van der Waals surface area (Å²) in [5.74, 6) is -0.940. The van der Waals surface area contributed by atoms with Crippen molar-refractivity contribution in [3.63, 3.8) is 0 Å². The molecule has 0 saturated heterocycles. The Balaban J connectivity index is 3.12. The minimum absolute atomic E-state index is 0.118. The van der Waals surface area contributed by atoms with Crippen LogP contribution in [0.2, 0.25) is 0 Å². The van der Waals surface area contributed by atoms with Crippen molar-refractivity contribution in [2.75, 3.05) is 0 Å². The van der Waals surface area contributed by atoms with Crippen molar-refractivity contribution in [3.8, 4) is 0 Å². The van der Waals surface area contributed by atoms with E-state index in [9.17, 15) is 17.6 Å². The van der Waals surface area contributed by atoms with Gasteiger partial charge in [0.2, 0.25) is 0 Å². The van der Waals surface area contributed by atoms with Gasteiger partial charge in [-0.05, 0) is 30.2 Å². The Morgan fingerprint density at radius 2 is 1.94 bits per heavy atom. The van der Waals surface area contributed by atoms with E-state index in [4.69, 9.17) is 5.73 Å². The average molecular weight is 233 g/mol. The van der Waals surface area contributed by atoms with Gasteiger partial charge in [0.15, 0.2) is 0 Å². The van der Waals surface area contributed by atoms with Gasteiger partial charge in [-0.15, -0.1) is 6.58 Å². The summed E-state index contributed by atoms with van der Waals surface area (Å²) in [6.07, 6.45) is -2.80. The van der Waals surface area contributed by atoms with Crippen molar-refractivity contribution in [1.29, 1.82) is 0 Å². The van der Waals surface area contributed by atoms with Crippen LogP contribution in [0.3, 0.4) is 0 Å². The van der Waals surface area contributed by atoms with Gasteiger partial charge in [-0.2, -0.15) is 13.2 Å². The molecule has 0 radical (unpaired) electrons. The predicted molar refractivity (Wildman–Crippen MR) is 53.1 cm³/mol. The number of nitrogens with two attached hydrogens (primary N) is 1. The first-order valence-corrected chi connectivity index (χ1v) is 4.58. The fourth-order valence-corrected chi connectivity index (χ4v) is 1.31. The number of hydrogen-bond acceptors (Lipinski definition) is 1. The third-order valence-electron chi connectivity index (χ3n) is 2.10. The van der Waals surface area contributed by atoms with Crippen LogP contribution in [0.1, 0.15) is 23.6 Å². The number of alkyl halides is 3. The quantitative estimate of drug-likeness (QED) is 0.628. The first kappa shape index (κ1) is 12.7. The Morgan fingerprint density at radius 3 is 2.44 bits per heavy atom. The van der Waals surface area contributed by atoms with Crippen LogP contribution < -0.4 is 5.73 Å². The molecule has 1 rings (SSSR count). The Labute approximate surface area is 90.6 Å². The summed E-state index contributed by atoms with van der Waals surface area (Å²) in [7, 11) is 0. The lowest BCUT2D eigenvalue weighted by Crippen LogP contribution is -2.12. The maximum atomic E-state index is 13.0. The van der Waals surface area contributed by atoms with Crippen molar-refractivity contribution in [1.82, 2.24) is 0 Å². The second-order valence-electron chi connectivity index (χ2n) is 3.40. The summed E-state index contributed by atoms with van der Waals surface area (Å²) >= 11 is 0. The summed E-state index contributed by atoms with van der Waals surface area (Å²) in [5, 5.41) is 0. The van der Waals surface area contributed by atoms with E-state index in [-0.39, 0.29) is 5.56 Å². The Morgan fingerprint density at radius 1 is 1.31 bits per heavy atom. The third-order valence-corrected chi connectivity index (χ3v) is 2.10. The number of halogens is 4. The zero-order valence-electron chi connectivity index (χ0n) is 8.39. The van der Waals surface area contributed by atoms with Gasteiger partial charge in [0.1, 0.15) is 5.82 Å². The topological polar surface area (TPSA) is 26.0 Å². The van der Waals surface area contributed by atoms with Crippen molar-refractivity contribution >= 4 is 0 Å². The summed E-state index contributed by atoms with van der Waals surface area (Å²) in [6.45, 7) is 3.42. The highest BCUT2D eigenvalue weighted by atomic mass is 19.4. The Hall–Kier alpha value is -1.36. The maximum Gasteiger partial charge on any atom is 0.416 e. The van der Waals surface area contributed by atoms with Crippen molar-refractivity contribution < 1.29 is 17.6 Å². The molecule has 0 heterocycles. The van der Waals surface area contributed by atoms with Crippen LogP contribution in [0, 0.1) is 5.82 Å². The Kier molecular flexibility index (Phi) is 3.70. The van der Waals surface area contributed by atoms with Gasteiger partial charge in [-0.25, -0.2) is 4.39 Å². The van der Waals surface area contributed by atoms with Gasteiger partial charge < -0.3 is 5.73 Å². The summed E-state index contributed by atoms with van der Waals surface area (Å²) in [6, 6.07) is 1.64. The Bertz CT molecular complexity index is 384. The highest BCUT2D eigenvalue weighted by Gasteiger charge is 2.31. The molecule has 0 spiro atoms. The second-order valence-corrected chi connectivity index (χ2v) is 3.40. The summed E-state index contributed by atoms with van der Waals surface area (Å²) < 4.78 is 50.1. The first-order chi connectivity index (χ1) is 7.34. The van der Waals surface area contributed by atoms with Gasteiger partial charge in [0.05, 0.1) is 5.56 Å². The molecule has 0 aromatic heterocycles.